The van der Waals surface area contributed by atoms with Crippen LogP contribution in [-0.4, -0.2) is 36.9 Å². The zero-order chi connectivity index (χ0) is 16.2. The average Bonchev–Trinajstić information content (AvgIpc) is 2.86. The SMILES string of the molecule is Cl.O=C1CC(Cc2ccc(C(=O)NC3CCCNC3)cc2)C(=O)N1. The van der Waals surface area contributed by atoms with Gasteiger partial charge in [-0.05, 0) is 43.5 Å². The van der Waals surface area contributed by atoms with Crippen LogP contribution in [0.4, 0.5) is 0 Å². The van der Waals surface area contributed by atoms with E-state index in [1.165, 1.54) is 0 Å². The van der Waals surface area contributed by atoms with Crippen LogP contribution in [0.3, 0.4) is 0 Å². The molecule has 1 aromatic carbocycles. The first-order chi connectivity index (χ1) is 11.1. The summed E-state index contributed by atoms with van der Waals surface area (Å²) in [6, 6.07) is 7.43. The molecule has 2 heterocycles. The number of carbonyl (C=O) groups excluding carboxylic acids is 3. The van der Waals surface area contributed by atoms with Crippen LogP contribution in [0.15, 0.2) is 24.3 Å². The number of imide groups is 1. The number of piperidine rings is 1. The molecule has 0 spiro atoms. The minimum Gasteiger partial charge on any atom is -0.348 e. The highest BCUT2D eigenvalue weighted by atomic mass is 35.5. The van der Waals surface area contributed by atoms with Gasteiger partial charge in [-0.25, -0.2) is 0 Å². The van der Waals surface area contributed by atoms with Crippen LogP contribution in [0.2, 0.25) is 0 Å². The fourth-order valence-corrected chi connectivity index (χ4v) is 3.09. The van der Waals surface area contributed by atoms with Crippen LogP contribution in [-0.2, 0) is 16.0 Å². The average molecular weight is 352 g/mol. The summed E-state index contributed by atoms with van der Waals surface area (Å²) in [5.74, 6) is -0.784. The molecule has 6 nitrogen and oxygen atoms in total. The molecule has 0 saturated carbocycles. The molecule has 2 aliphatic heterocycles. The van der Waals surface area contributed by atoms with E-state index in [2.05, 4.69) is 16.0 Å². The fraction of sp³-hybridized carbons (Fsp3) is 0.471. The molecule has 2 fully saturated rings. The molecule has 0 aliphatic carbocycles. The summed E-state index contributed by atoms with van der Waals surface area (Å²) >= 11 is 0. The lowest BCUT2D eigenvalue weighted by Crippen LogP contribution is -2.45. The van der Waals surface area contributed by atoms with Crippen molar-refractivity contribution in [2.24, 2.45) is 5.92 Å². The van der Waals surface area contributed by atoms with Crippen molar-refractivity contribution >= 4 is 30.1 Å². The van der Waals surface area contributed by atoms with Crippen molar-refractivity contribution in [2.45, 2.75) is 31.7 Å². The number of amides is 3. The Hall–Kier alpha value is -1.92. The standard InChI is InChI=1S/C17H21N3O3.ClH/c21-15-9-13(17(23)20-15)8-11-3-5-12(6-4-11)16(22)19-14-2-1-7-18-10-14;/h3-6,13-14,18H,1-2,7-10H2,(H,19,22)(H,20,21,23);1H. The number of halogens is 1. The van der Waals surface area contributed by atoms with E-state index >= 15 is 0 Å². The fourth-order valence-electron chi connectivity index (χ4n) is 3.09. The summed E-state index contributed by atoms with van der Waals surface area (Å²) in [5, 5.41) is 8.61. The minimum absolute atomic E-state index is 0. The van der Waals surface area contributed by atoms with Gasteiger partial charge in [-0.1, -0.05) is 12.1 Å². The Labute approximate surface area is 147 Å². The summed E-state index contributed by atoms with van der Waals surface area (Å²) in [7, 11) is 0. The van der Waals surface area contributed by atoms with Crippen LogP contribution in [0.1, 0.15) is 35.2 Å². The Bertz CT molecular complexity index is 612. The van der Waals surface area contributed by atoms with Crippen molar-refractivity contribution in [3.8, 4) is 0 Å². The molecule has 3 rings (SSSR count). The Balaban J connectivity index is 0.00000208. The van der Waals surface area contributed by atoms with E-state index < -0.39 is 0 Å². The topological polar surface area (TPSA) is 87.3 Å². The van der Waals surface area contributed by atoms with Gasteiger partial charge in [0, 0.05) is 24.6 Å². The Morgan fingerprint density at radius 1 is 1.21 bits per heavy atom. The molecule has 2 unspecified atom stereocenters. The third kappa shape index (κ3) is 4.55. The highest BCUT2D eigenvalue weighted by molar-refractivity contribution is 6.03. The van der Waals surface area contributed by atoms with E-state index in [-0.39, 0.29) is 48.5 Å². The maximum atomic E-state index is 12.2. The van der Waals surface area contributed by atoms with E-state index in [1.807, 2.05) is 12.1 Å². The quantitative estimate of drug-likeness (QED) is 0.700. The highest BCUT2D eigenvalue weighted by Gasteiger charge is 2.30. The van der Waals surface area contributed by atoms with Gasteiger partial charge in [0.25, 0.3) is 5.91 Å². The number of carbonyl (C=O) groups is 3. The first-order valence-corrected chi connectivity index (χ1v) is 8.06. The van der Waals surface area contributed by atoms with Gasteiger partial charge >= 0.3 is 0 Å². The maximum Gasteiger partial charge on any atom is 0.251 e. The van der Waals surface area contributed by atoms with Crippen LogP contribution in [0.25, 0.3) is 0 Å². The van der Waals surface area contributed by atoms with Crippen molar-refractivity contribution in [1.82, 2.24) is 16.0 Å². The molecule has 24 heavy (non-hydrogen) atoms. The van der Waals surface area contributed by atoms with Gasteiger partial charge in [0.15, 0.2) is 0 Å². The molecular formula is C17H22ClN3O3. The molecule has 1 aromatic rings. The second-order valence-corrected chi connectivity index (χ2v) is 6.23. The van der Waals surface area contributed by atoms with E-state index in [0.29, 0.717) is 12.0 Å². The molecule has 0 aromatic heterocycles. The molecule has 0 bridgehead atoms. The molecular weight excluding hydrogens is 330 g/mol. The van der Waals surface area contributed by atoms with Gasteiger partial charge < -0.3 is 10.6 Å². The van der Waals surface area contributed by atoms with Crippen LogP contribution < -0.4 is 16.0 Å². The monoisotopic (exact) mass is 351 g/mol. The summed E-state index contributed by atoms with van der Waals surface area (Å²) in [6.07, 6.45) is 2.84. The maximum absolute atomic E-state index is 12.2. The number of hydrogen-bond donors (Lipinski definition) is 3. The highest BCUT2D eigenvalue weighted by Crippen LogP contribution is 2.17. The zero-order valence-corrected chi connectivity index (χ0v) is 14.2. The summed E-state index contributed by atoms with van der Waals surface area (Å²) in [5.41, 5.74) is 1.57. The van der Waals surface area contributed by atoms with E-state index in [0.717, 1.165) is 31.5 Å². The van der Waals surface area contributed by atoms with Gasteiger partial charge in [0.05, 0.1) is 5.92 Å². The van der Waals surface area contributed by atoms with Gasteiger partial charge in [0.2, 0.25) is 11.8 Å². The second kappa shape index (κ2) is 8.26. The van der Waals surface area contributed by atoms with Crippen LogP contribution in [0, 0.1) is 5.92 Å². The van der Waals surface area contributed by atoms with Crippen LogP contribution in [0.5, 0.6) is 0 Å². The minimum atomic E-state index is -0.296. The molecule has 0 radical (unpaired) electrons. The zero-order valence-electron chi connectivity index (χ0n) is 13.3. The normalized spacial score (nSPS) is 23.3. The summed E-state index contributed by atoms with van der Waals surface area (Å²) < 4.78 is 0. The van der Waals surface area contributed by atoms with Gasteiger partial charge in [0.1, 0.15) is 0 Å². The predicted molar refractivity (Wildman–Crippen MR) is 92.0 cm³/mol. The Morgan fingerprint density at radius 3 is 2.54 bits per heavy atom. The third-order valence-corrected chi connectivity index (χ3v) is 4.40. The van der Waals surface area contributed by atoms with Crippen molar-refractivity contribution in [3.63, 3.8) is 0 Å². The number of nitrogens with one attached hydrogen (secondary N) is 3. The molecule has 2 saturated heterocycles. The van der Waals surface area contributed by atoms with E-state index in [4.69, 9.17) is 0 Å². The number of rotatable bonds is 4. The molecule has 3 amide bonds. The molecule has 2 atom stereocenters. The summed E-state index contributed by atoms with van der Waals surface area (Å²) in [6.45, 7) is 1.83. The lowest BCUT2D eigenvalue weighted by atomic mass is 9.97. The molecule has 3 N–H and O–H groups in total. The summed E-state index contributed by atoms with van der Waals surface area (Å²) in [4.78, 5) is 35.0. The largest absolute Gasteiger partial charge is 0.348 e. The first-order valence-electron chi connectivity index (χ1n) is 8.06. The lowest BCUT2D eigenvalue weighted by molar-refractivity contribution is -0.125. The van der Waals surface area contributed by atoms with Gasteiger partial charge in [-0.2, -0.15) is 0 Å². The smallest absolute Gasteiger partial charge is 0.251 e. The molecule has 2 aliphatic rings. The third-order valence-electron chi connectivity index (χ3n) is 4.40. The number of benzene rings is 1. The van der Waals surface area contributed by atoms with Crippen molar-refractivity contribution in [2.75, 3.05) is 13.1 Å². The van der Waals surface area contributed by atoms with E-state index in [9.17, 15) is 14.4 Å². The number of hydrogen-bond acceptors (Lipinski definition) is 4. The Kier molecular flexibility index (Phi) is 6.34. The van der Waals surface area contributed by atoms with Crippen molar-refractivity contribution in [3.05, 3.63) is 35.4 Å². The van der Waals surface area contributed by atoms with Gasteiger partial charge in [-0.15, -0.1) is 12.4 Å². The predicted octanol–water partition coefficient (Wildman–Crippen LogP) is 0.795. The molecule has 7 heteroatoms. The van der Waals surface area contributed by atoms with Crippen molar-refractivity contribution in [1.29, 1.82) is 0 Å². The van der Waals surface area contributed by atoms with Gasteiger partial charge in [-0.3, -0.25) is 19.7 Å². The first kappa shape index (κ1) is 18.4. The molecule has 130 valence electrons. The lowest BCUT2D eigenvalue weighted by Gasteiger charge is -2.23. The second-order valence-electron chi connectivity index (χ2n) is 6.23. The van der Waals surface area contributed by atoms with E-state index in [1.54, 1.807) is 12.1 Å². The Morgan fingerprint density at radius 2 is 1.96 bits per heavy atom. The van der Waals surface area contributed by atoms with Crippen molar-refractivity contribution < 1.29 is 14.4 Å². The van der Waals surface area contributed by atoms with Crippen LogP contribution >= 0.6 is 12.4 Å².